The van der Waals surface area contributed by atoms with Crippen molar-refractivity contribution in [3.8, 4) is 11.5 Å². The molecule has 0 bridgehead atoms. The zero-order chi connectivity index (χ0) is 16.8. The molecule has 23 heavy (non-hydrogen) atoms. The fraction of sp³-hybridized carbons (Fsp3) is 0.308. The van der Waals surface area contributed by atoms with Crippen molar-refractivity contribution in [2.45, 2.75) is 25.7 Å². The Labute approximate surface area is 126 Å². The number of alkyl halides is 3. The van der Waals surface area contributed by atoms with Gasteiger partial charge in [-0.05, 0) is 25.1 Å². The van der Waals surface area contributed by atoms with Crippen LogP contribution in [0.15, 0.2) is 27.5 Å². The van der Waals surface area contributed by atoms with Gasteiger partial charge in [-0.3, -0.25) is 4.57 Å². The summed E-state index contributed by atoms with van der Waals surface area (Å²) < 4.78 is 43.5. The number of rotatable bonds is 3. The zero-order valence-corrected chi connectivity index (χ0v) is 11.9. The number of imidazole rings is 1. The van der Waals surface area contributed by atoms with Gasteiger partial charge in [-0.15, -0.1) is 0 Å². The molecule has 3 N–H and O–H groups in total. The highest BCUT2D eigenvalue weighted by atomic mass is 19.4. The molecule has 2 aromatic heterocycles. The fourth-order valence-corrected chi connectivity index (χ4v) is 2.16. The maximum absolute atomic E-state index is 12.6. The van der Waals surface area contributed by atoms with Crippen LogP contribution in [0.25, 0.3) is 22.5 Å². The van der Waals surface area contributed by atoms with E-state index in [1.54, 1.807) is 13.0 Å². The van der Waals surface area contributed by atoms with E-state index in [2.05, 4.69) is 15.1 Å². The maximum Gasteiger partial charge on any atom is 0.406 e. The molecule has 0 aliphatic carbocycles. The minimum atomic E-state index is -4.51. The van der Waals surface area contributed by atoms with E-state index in [0.29, 0.717) is 10.1 Å². The molecule has 0 amide bonds. The summed E-state index contributed by atoms with van der Waals surface area (Å²) >= 11 is 0. The van der Waals surface area contributed by atoms with Crippen LogP contribution >= 0.6 is 0 Å². The van der Waals surface area contributed by atoms with E-state index in [-0.39, 0.29) is 22.7 Å². The van der Waals surface area contributed by atoms with Gasteiger partial charge in [0.25, 0.3) is 5.89 Å². The quantitative estimate of drug-likeness (QED) is 0.765. The SMILES string of the molecule is CC(N)c1noc(-c2ccc3[nH]c(=O)n(CC(F)(F)F)c3c2)n1. The van der Waals surface area contributed by atoms with E-state index in [9.17, 15) is 18.0 Å². The maximum atomic E-state index is 12.6. The molecule has 0 aliphatic rings. The van der Waals surface area contributed by atoms with Crippen LogP contribution in [-0.2, 0) is 6.54 Å². The van der Waals surface area contributed by atoms with Crippen LogP contribution in [0.5, 0.6) is 0 Å². The molecule has 0 radical (unpaired) electrons. The number of nitrogens with zero attached hydrogens (tertiary/aromatic N) is 3. The highest BCUT2D eigenvalue weighted by Gasteiger charge is 2.30. The van der Waals surface area contributed by atoms with E-state index in [0.717, 1.165) is 0 Å². The monoisotopic (exact) mass is 327 g/mol. The van der Waals surface area contributed by atoms with E-state index in [1.165, 1.54) is 12.1 Å². The fourth-order valence-electron chi connectivity index (χ4n) is 2.16. The van der Waals surface area contributed by atoms with Gasteiger partial charge in [0.1, 0.15) is 6.54 Å². The normalized spacial score (nSPS) is 13.6. The molecule has 1 unspecified atom stereocenters. The number of halogens is 3. The summed E-state index contributed by atoms with van der Waals surface area (Å²) in [6.45, 7) is 0.287. The third-order valence-corrected chi connectivity index (χ3v) is 3.21. The highest BCUT2D eigenvalue weighted by Crippen LogP contribution is 2.25. The molecule has 0 spiro atoms. The van der Waals surface area contributed by atoms with Gasteiger partial charge < -0.3 is 15.2 Å². The van der Waals surface area contributed by atoms with Gasteiger partial charge in [0.2, 0.25) is 0 Å². The molecule has 1 aromatic carbocycles. The number of aromatic amines is 1. The van der Waals surface area contributed by atoms with E-state index >= 15 is 0 Å². The number of fused-ring (bicyclic) bond motifs is 1. The molecule has 10 heteroatoms. The smallest absolute Gasteiger partial charge is 0.334 e. The lowest BCUT2D eigenvalue weighted by Gasteiger charge is -2.07. The Morgan fingerprint density at radius 1 is 1.43 bits per heavy atom. The van der Waals surface area contributed by atoms with Crippen LogP contribution in [0.1, 0.15) is 18.8 Å². The number of hydrogen-bond donors (Lipinski definition) is 2. The van der Waals surface area contributed by atoms with Crippen LogP contribution in [-0.4, -0.2) is 25.9 Å². The Morgan fingerprint density at radius 3 is 2.78 bits per heavy atom. The second kappa shape index (κ2) is 5.23. The van der Waals surface area contributed by atoms with Gasteiger partial charge >= 0.3 is 11.9 Å². The molecule has 0 fully saturated rings. The topological polar surface area (TPSA) is 103 Å². The summed E-state index contributed by atoms with van der Waals surface area (Å²) in [6.07, 6.45) is -4.51. The summed E-state index contributed by atoms with van der Waals surface area (Å²) in [5.41, 5.74) is 5.58. The number of aromatic nitrogens is 4. The third-order valence-electron chi connectivity index (χ3n) is 3.21. The molecule has 0 aliphatic heterocycles. The predicted octanol–water partition coefficient (Wildman–Crippen LogP) is 1.96. The van der Waals surface area contributed by atoms with Crippen molar-refractivity contribution in [1.29, 1.82) is 0 Å². The number of benzene rings is 1. The molecule has 3 rings (SSSR count). The first kappa shape index (κ1) is 15.3. The number of H-pyrrole nitrogens is 1. The van der Waals surface area contributed by atoms with Crippen molar-refractivity contribution in [3.63, 3.8) is 0 Å². The Bertz CT molecular complexity index is 906. The summed E-state index contributed by atoms with van der Waals surface area (Å²) in [5.74, 6) is 0.397. The standard InChI is InChI=1S/C13H12F3N5O2/c1-6(17)10-19-11(23-20-10)7-2-3-8-9(4-7)21(12(22)18-8)5-13(14,15)16/h2-4,6H,5,17H2,1H3,(H,18,22). The largest absolute Gasteiger partial charge is 0.406 e. The van der Waals surface area contributed by atoms with Gasteiger partial charge in [-0.1, -0.05) is 5.16 Å². The van der Waals surface area contributed by atoms with Crippen molar-refractivity contribution < 1.29 is 17.7 Å². The number of hydrogen-bond acceptors (Lipinski definition) is 5. The Morgan fingerprint density at radius 2 is 2.17 bits per heavy atom. The number of nitrogens with one attached hydrogen (secondary N) is 1. The van der Waals surface area contributed by atoms with Gasteiger partial charge in [0.05, 0.1) is 17.1 Å². The van der Waals surface area contributed by atoms with Crippen molar-refractivity contribution in [3.05, 3.63) is 34.5 Å². The molecule has 3 aromatic rings. The van der Waals surface area contributed by atoms with Gasteiger partial charge in [0.15, 0.2) is 5.82 Å². The summed E-state index contributed by atoms with van der Waals surface area (Å²) in [6, 6.07) is 3.99. The first-order valence-electron chi connectivity index (χ1n) is 6.63. The molecule has 7 nitrogen and oxygen atoms in total. The molecule has 1 atom stereocenters. The molecule has 2 heterocycles. The summed E-state index contributed by atoms with van der Waals surface area (Å²) in [5, 5.41) is 3.69. The molecular weight excluding hydrogens is 315 g/mol. The average molecular weight is 327 g/mol. The summed E-state index contributed by atoms with van der Waals surface area (Å²) in [4.78, 5) is 18.1. The van der Waals surface area contributed by atoms with Crippen LogP contribution in [0.4, 0.5) is 13.2 Å². The number of nitrogens with two attached hydrogens (primary N) is 1. The van der Waals surface area contributed by atoms with Crippen LogP contribution < -0.4 is 11.4 Å². The van der Waals surface area contributed by atoms with Crippen LogP contribution in [0.3, 0.4) is 0 Å². The first-order chi connectivity index (χ1) is 10.7. The van der Waals surface area contributed by atoms with E-state index in [1.807, 2.05) is 0 Å². The van der Waals surface area contributed by atoms with E-state index < -0.39 is 24.5 Å². The minimum absolute atomic E-state index is 0.102. The Kier molecular flexibility index (Phi) is 3.48. The predicted molar refractivity (Wildman–Crippen MR) is 74.5 cm³/mol. The molecule has 122 valence electrons. The van der Waals surface area contributed by atoms with Crippen molar-refractivity contribution >= 4 is 11.0 Å². The first-order valence-corrected chi connectivity index (χ1v) is 6.63. The van der Waals surface area contributed by atoms with Crippen LogP contribution in [0, 0.1) is 0 Å². The molecular formula is C13H12F3N5O2. The van der Waals surface area contributed by atoms with Gasteiger partial charge in [-0.2, -0.15) is 18.2 Å². The van der Waals surface area contributed by atoms with Crippen molar-refractivity contribution in [1.82, 2.24) is 19.7 Å². The molecule has 0 saturated carbocycles. The highest BCUT2D eigenvalue weighted by molar-refractivity contribution is 5.80. The second-order valence-electron chi connectivity index (χ2n) is 5.11. The van der Waals surface area contributed by atoms with Crippen LogP contribution in [0.2, 0.25) is 0 Å². The lowest BCUT2D eigenvalue weighted by atomic mass is 10.2. The lowest BCUT2D eigenvalue weighted by molar-refractivity contribution is -0.140. The molecule has 0 saturated heterocycles. The van der Waals surface area contributed by atoms with E-state index in [4.69, 9.17) is 10.3 Å². The Balaban J connectivity index is 2.10. The van der Waals surface area contributed by atoms with Gasteiger partial charge in [-0.25, -0.2) is 4.79 Å². The Hall–Kier alpha value is -2.62. The lowest BCUT2D eigenvalue weighted by Crippen LogP contribution is -2.26. The minimum Gasteiger partial charge on any atom is -0.334 e. The van der Waals surface area contributed by atoms with Crippen molar-refractivity contribution in [2.75, 3.05) is 0 Å². The third kappa shape index (κ3) is 2.97. The second-order valence-corrected chi connectivity index (χ2v) is 5.11. The average Bonchev–Trinajstić information content (AvgIpc) is 3.03. The summed E-state index contributed by atoms with van der Waals surface area (Å²) in [7, 11) is 0. The van der Waals surface area contributed by atoms with Crippen molar-refractivity contribution in [2.24, 2.45) is 5.73 Å². The zero-order valence-electron chi connectivity index (χ0n) is 11.9. The van der Waals surface area contributed by atoms with Gasteiger partial charge in [0, 0.05) is 5.56 Å².